The smallest absolute Gasteiger partial charge is 0.233 e. The van der Waals surface area contributed by atoms with Crippen LogP contribution in [0.2, 0.25) is 0 Å². The summed E-state index contributed by atoms with van der Waals surface area (Å²) in [5, 5.41) is 0. The highest BCUT2D eigenvalue weighted by atomic mass is 16.2. The summed E-state index contributed by atoms with van der Waals surface area (Å²) in [6.45, 7) is 8.33. The van der Waals surface area contributed by atoms with Gasteiger partial charge < -0.3 is 4.90 Å². The van der Waals surface area contributed by atoms with Crippen LogP contribution >= 0.6 is 0 Å². The average Bonchev–Trinajstić information content (AvgIpc) is 3.00. The van der Waals surface area contributed by atoms with Gasteiger partial charge in [0.15, 0.2) is 0 Å². The number of hydrogen-bond acceptors (Lipinski definition) is 4. The molecule has 2 saturated heterocycles. The van der Waals surface area contributed by atoms with Crippen LogP contribution in [0.4, 0.5) is 5.69 Å². The quantitative estimate of drug-likeness (QED) is 0.569. The van der Waals surface area contributed by atoms with Gasteiger partial charge in [-0.05, 0) is 23.3 Å². The first-order chi connectivity index (χ1) is 15.0. The van der Waals surface area contributed by atoms with E-state index in [1.807, 2.05) is 19.9 Å². The Morgan fingerprint density at radius 3 is 1.90 bits per heavy atom. The van der Waals surface area contributed by atoms with Gasteiger partial charge in [-0.25, -0.2) is 0 Å². The Morgan fingerprint density at radius 2 is 1.29 bits per heavy atom. The van der Waals surface area contributed by atoms with Crippen molar-refractivity contribution in [3.8, 4) is 23.0 Å². The van der Waals surface area contributed by atoms with Crippen LogP contribution in [0.1, 0.15) is 13.8 Å². The van der Waals surface area contributed by atoms with Gasteiger partial charge in [-0.3, -0.25) is 19.4 Å². The van der Waals surface area contributed by atoms with Crippen molar-refractivity contribution in [2.24, 2.45) is 11.8 Å². The molecule has 2 aromatic rings. The van der Waals surface area contributed by atoms with Crippen LogP contribution in [0.25, 0.3) is 11.1 Å². The minimum absolute atomic E-state index is 0.0984. The van der Waals surface area contributed by atoms with Crippen molar-refractivity contribution < 1.29 is 9.59 Å². The fourth-order valence-corrected chi connectivity index (χ4v) is 4.15. The zero-order chi connectivity index (χ0) is 21.8. The third-order valence-electron chi connectivity index (χ3n) is 6.44. The summed E-state index contributed by atoms with van der Waals surface area (Å²) in [6.07, 6.45) is 0. The molecular weight excluding hydrogens is 386 g/mol. The Labute approximate surface area is 184 Å². The summed E-state index contributed by atoms with van der Waals surface area (Å²) in [5.74, 6) is 5.50. The normalized spacial score (nSPS) is 21.9. The average molecular weight is 416 g/mol. The molecule has 4 rings (SSSR count). The molecule has 0 aliphatic carbocycles. The minimum Gasteiger partial charge on any atom is -0.369 e. The summed E-state index contributed by atoms with van der Waals surface area (Å²) < 4.78 is 0. The molecule has 0 N–H and O–H groups in total. The Morgan fingerprint density at radius 1 is 0.742 bits per heavy atom. The van der Waals surface area contributed by atoms with Crippen molar-refractivity contribution in [1.82, 2.24) is 9.80 Å². The fourth-order valence-electron chi connectivity index (χ4n) is 4.15. The van der Waals surface area contributed by atoms with Crippen LogP contribution in [0.15, 0.2) is 54.6 Å². The first-order valence-corrected chi connectivity index (χ1v) is 11.0. The van der Waals surface area contributed by atoms with E-state index in [1.165, 1.54) is 21.7 Å². The van der Waals surface area contributed by atoms with Crippen molar-refractivity contribution in [2.45, 2.75) is 13.8 Å². The zero-order valence-electron chi connectivity index (χ0n) is 18.3. The van der Waals surface area contributed by atoms with Gasteiger partial charge in [-0.15, -0.1) is 0 Å². The van der Waals surface area contributed by atoms with E-state index in [1.54, 1.807) is 0 Å². The van der Waals surface area contributed by atoms with Crippen LogP contribution in [-0.2, 0) is 9.59 Å². The van der Waals surface area contributed by atoms with Gasteiger partial charge in [0.1, 0.15) is 0 Å². The summed E-state index contributed by atoms with van der Waals surface area (Å²) in [6, 6.07) is 19.2. The summed E-state index contributed by atoms with van der Waals surface area (Å²) in [7, 11) is 0. The number of amides is 2. The number of hydrogen-bond donors (Lipinski definition) is 0. The molecule has 2 aromatic carbocycles. The van der Waals surface area contributed by atoms with Crippen molar-refractivity contribution in [3.63, 3.8) is 0 Å². The second kappa shape index (κ2) is 9.36. The molecule has 2 aliphatic heterocycles. The minimum atomic E-state index is -0.232. The third-order valence-corrected chi connectivity index (χ3v) is 6.44. The molecule has 2 amide bonds. The predicted octanol–water partition coefficient (Wildman–Crippen LogP) is 3.12. The maximum absolute atomic E-state index is 12.1. The second-order valence-corrected chi connectivity index (χ2v) is 8.37. The molecule has 2 fully saturated rings. The van der Waals surface area contributed by atoms with Crippen molar-refractivity contribution in [2.75, 3.05) is 44.2 Å². The maximum atomic E-state index is 12.1. The van der Waals surface area contributed by atoms with Crippen LogP contribution in [0, 0.1) is 23.7 Å². The lowest BCUT2D eigenvalue weighted by molar-refractivity contribution is -0.138. The molecule has 31 heavy (non-hydrogen) atoms. The standard InChI is InChI=1S/C26H29N3O2/c1-20-21(2)26(31)29(25(20)30)15-7-6-14-27-16-18-28(19-17-27)24-12-10-23(11-13-24)22-8-4-3-5-9-22/h3-5,8-13,20-21H,14-19H2,1-2H3. The van der Waals surface area contributed by atoms with E-state index >= 15 is 0 Å². The molecule has 2 atom stereocenters. The molecule has 0 bridgehead atoms. The molecule has 5 nitrogen and oxygen atoms in total. The molecule has 160 valence electrons. The van der Waals surface area contributed by atoms with E-state index < -0.39 is 0 Å². The fraction of sp³-hybridized carbons (Fsp3) is 0.385. The van der Waals surface area contributed by atoms with Crippen LogP contribution in [0.5, 0.6) is 0 Å². The highest BCUT2D eigenvalue weighted by molar-refractivity contribution is 6.04. The summed E-state index contributed by atoms with van der Waals surface area (Å²) in [5.41, 5.74) is 3.72. The van der Waals surface area contributed by atoms with Gasteiger partial charge in [-0.1, -0.05) is 68.2 Å². The van der Waals surface area contributed by atoms with Crippen molar-refractivity contribution in [3.05, 3.63) is 54.6 Å². The molecule has 2 aliphatic rings. The molecule has 0 saturated carbocycles. The maximum Gasteiger partial charge on any atom is 0.233 e. The zero-order valence-corrected chi connectivity index (χ0v) is 18.3. The first kappa shape index (κ1) is 21.1. The number of carbonyl (C=O) groups is 2. The number of rotatable bonds is 4. The second-order valence-electron chi connectivity index (χ2n) is 8.37. The molecular formula is C26H29N3O2. The van der Waals surface area contributed by atoms with Crippen LogP contribution in [0.3, 0.4) is 0 Å². The molecule has 0 radical (unpaired) electrons. The number of nitrogens with zero attached hydrogens (tertiary/aromatic N) is 3. The lowest BCUT2D eigenvalue weighted by atomic mass is 10.00. The molecule has 0 aromatic heterocycles. The molecule has 0 spiro atoms. The number of piperazine rings is 1. The Bertz CT molecular complexity index is 963. The predicted molar refractivity (Wildman–Crippen MR) is 123 cm³/mol. The lowest BCUT2D eigenvalue weighted by Crippen LogP contribution is -2.46. The van der Waals surface area contributed by atoms with Gasteiger partial charge in [0, 0.05) is 43.7 Å². The van der Waals surface area contributed by atoms with Gasteiger partial charge in [0.05, 0.1) is 13.1 Å². The first-order valence-electron chi connectivity index (χ1n) is 11.0. The third kappa shape index (κ3) is 4.65. The number of imide groups is 1. The Kier molecular flexibility index (Phi) is 6.39. The van der Waals surface area contributed by atoms with E-state index in [0.29, 0.717) is 6.54 Å². The van der Waals surface area contributed by atoms with Gasteiger partial charge in [0.2, 0.25) is 11.8 Å². The van der Waals surface area contributed by atoms with E-state index in [0.717, 1.165) is 26.2 Å². The Hall–Kier alpha value is -3.10. The highest BCUT2D eigenvalue weighted by Crippen LogP contribution is 2.25. The summed E-state index contributed by atoms with van der Waals surface area (Å²) in [4.78, 5) is 30.3. The van der Waals surface area contributed by atoms with E-state index in [4.69, 9.17) is 0 Å². The topological polar surface area (TPSA) is 43.9 Å². The van der Waals surface area contributed by atoms with Gasteiger partial charge in [-0.2, -0.15) is 0 Å². The van der Waals surface area contributed by atoms with E-state index in [-0.39, 0.29) is 30.2 Å². The van der Waals surface area contributed by atoms with Crippen LogP contribution in [-0.4, -0.2) is 60.9 Å². The number of benzene rings is 2. The summed E-state index contributed by atoms with van der Waals surface area (Å²) >= 11 is 0. The molecule has 5 heteroatoms. The lowest BCUT2D eigenvalue weighted by Gasteiger charge is -2.35. The molecule has 2 heterocycles. The van der Waals surface area contributed by atoms with Gasteiger partial charge >= 0.3 is 0 Å². The number of carbonyl (C=O) groups excluding carboxylic acids is 2. The largest absolute Gasteiger partial charge is 0.369 e. The number of likely N-dealkylation sites (tertiary alicyclic amines) is 1. The monoisotopic (exact) mass is 415 g/mol. The Balaban J connectivity index is 1.25. The van der Waals surface area contributed by atoms with Crippen LogP contribution < -0.4 is 4.90 Å². The molecule has 2 unspecified atom stereocenters. The van der Waals surface area contributed by atoms with E-state index in [9.17, 15) is 9.59 Å². The van der Waals surface area contributed by atoms with E-state index in [2.05, 4.69) is 70.2 Å². The number of anilines is 1. The van der Waals surface area contributed by atoms with Crippen molar-refractivity contribution >= 4 is 17.5 Å². The SMILES string of the molecule is CC1C(=O)N(CC#CCN2CCN(c3ccc(-c4ccccc4)cc3)CC2)C(=O)C1C. The van der Waals surface area contributed by atoms with Gasteiger partial charge in [0.25, 0.3) is 0 Å². The van der Waals surface area contributed by atoms with Crippen molar-refractivity contribution in [1.29, 1.82) is 0 Å². The highest BCUT2D eigenvalue weighted by Gasteiger charge is 2.41.